The molecule has 78 valence electrons. The summed E-state index contributed by atoms with van der Waals surface area (Å²) in [6, 6.07) is 4.31. The third kappa shape index (κ3) is 2.67. The Kier molecular flexibility index (Phi) is 3.61. The fourth-order valence-electron chi connectivity index (χ4n) is 1.06. The first-order valence-corrected chi connectivity index (χ1v) is 4.11. The van der Waals surface area contributed by atoms with Crippen LogP contribution in [0.3, 0.4) is 0 Å². The molecule has 0 aliphatic carbocycles. The Morgan fingerprint density at radius 3 is 2.20 bits per heavy atom. The molecule has 0 unspecified atom stereocenters. The normalized spacial score (nSPS) is 9.40. The van der Waals surface area contributed by atoms with Crippen LogP contribution in [0.4, 0.5) is 11.4 Å². The molecule has 0 bridgehead atoms. The number of esters is 1. The Balaban J connectivity index is 3.04. The zero-order chi connectivity index (χ0) is 11.3. The van der Waals surface area contributed by atoms with E-state index in [1.807, 2.05) is 0 Å². The Morgan fingerprint density at radius 2 is 1.80 bits per heavy atom. The summed E-state index contributed by atoms with van der Waals surface area (Å²) in [7, 11) is 0. The second-order valence-corrected chi connectivity index (χ2v) is 2.74. The van der Waals surface area contributed by atoms with Crippen molar-refractivity contribution in [2.24, 2.45) is 10.4 Å². The van der Waals surface area contributed by atoms with Crippen LogP contribution in [0.25, 0.3) is 0 Å². The summed E-state index contributed by atoms with van der Waals surface area (Å²) in [5.41, 5.74) is 0.319. The Bertz CT molecular complexity index is 377. The zero-order valence-electron chi connectivity index (χ0n) is 7.97. The zero-order valence-corrected chi connectivity index (χ0v) is 7.97. The van der Waals surface area contributed by atoms with Gasteiger partial charge in [0.2, 0.25) is 0 Å². The van der Waals surface area contributed by atoms with E-state index in [1.54, 1.807) is 0 Å². The van der Waals surface area contributed by atoms with Gasteiger partial charge in [0.25, 0.3) is 0 Å². The molecule has 0 atom stereocenters. The molecule has 15 heavy (non-hydrogen) atoms. The van der Waals surface area contributed by atoms with Crippen LogP contribution in [0.2, 0.25) is 0 Å². The molecule has 0 aliphatic rings. The number of carbonyl (C=O) groups is 1. The highest BCUT2D eigenvalue weighted by molar-refractivity contribution is 5.67. The molecule has 0 amide bonds. The highest BCUT2D eigenvalue weighted by atomic mass is 16.5. The van der Waals surface area contributed by atoms with Gasteiger partial charge >= 0.3 is 5.97 Å². The maximum atomic E-state index is 10.6. The largest absolute Gasteiger partial charge is 0.461 e. The lowest BCUT2D eigenvalue weighted by molar-refractivity contribution is -0.142. The molecule has 0 aromatic heterocycles. The van der Waals surface area contributed by atoms with Gasteiger partial charge in [0.1, 0.15) is 18.0 Å². The average molecular weight is 208 g/mol. The van der Waals surface area contributed by atoms with Gasteiger partial charge in [0.05, 0.1) is 0 Å². The first kappa shape index (κ1) is 11.0. The summed E-state index contributed by atoms with van der Waals surface area (Å²) >= 11 is 0. The van der Waals surface area contributed by atoms with Gasteiger partial charge in [-0.2, -0.15) is 0 Å². The summed E-state index contributed by atoms with van der Waals surface area (Å²) < 4.78 is 4.68. The van der Waals surface area contributed by atoms with E-state index in [-0.39, 0.29) is 23.5 Å². The molecule has 0 N–H and O–H groups in total. The van der Waals surface area contributed by atoms with Crippen LogP contribution in [-0.4, -0.2) is 5.97 Å². The highest BCUT2D eigenvalue weighted by Crippen LogP contribution is 2.29. The van der Waals surface area contributed by atoms with Crippen LogP contribution >= 0.6 is 0 Å². The first-order valence-electron chi connectivity index (χ1n) is 4.11. The third-order valence-electron chi connectivity index (χ3n) is 1.74. The topological polar surface area (TPSA) is 85.2 Å². The molecule has 0 saturated heterocycles. The van der Waals surface area contributed by atoms with Gasteiger partial charge in [0, 0.05) is 12.5 Å². The predicted octanol–water partition coefficient (Wildman–Crippen LogP) is 2.55. The third-order valence-corrected chi connectivity index (χ3v) is 1.74. The number of hydrogen-bond donors (Lipinski definition) is 0. The van der Waals surface area contributed by atoms with Crippen molar-refractivity contribution < 1.29 is 9.53 Å². The maximum Gasteiger partial charge on any atom is 0.302 e. The van der Waals surface area contributed by atoms with Gasteiger partial charge in [-0.25, -0.2) is 0 Å². The highest BCUT2D eigenvalue weighted by Gasteiger charge is 2.10. The van der Waals surface area contributed by atoms with E-state index >= 15 is 0 Å². The molecule has 0 fully saturated rings. The molecule has 0 aliphatic heterocycles. The molecule has 0 spiro atoms. The van der Waals surface area contributed by atoms with Crippen LogP contribution in [0.15, 0.2) is 28.6 Å². The number of nitroso groups, excluding NO2 is 2. The van der Waals surface area contributed by atoms with Gasteiger partial charge in [-0.1, -0.05) is 6.07 Å². The van der Waals surface area contributed by atoms with Crippen LogP contribution in [-0.2, 0) is 16.1 Å². The minimum absolute atomic E-state index is 0.0494. The van der Waals surface area contributed by atoms with E-state index in [4.69, 9.17) is 0 Å². The average Bonchev–Trinajstić information content (AvgIpc) is 2.25. The van der Waals surface area contributed by atoms with Crippen molar-refractivity contribution in [2.45, 2.75) is 13.5 Å². The van der Waals surface area contributed by atoms with Crippen molar-refractivity contribution in [2.75, 3.05) is 0 Å². The number of ether oxygens (including phenoxy) is 1. The van der Waals surface area contributed by atoms with Crippen LogP contribution in [0, 0.1) is 9.81 Å². The SMILES string of the molecule is CC(=O)OCc1c(N=O)cccc1N=O. The van der Waals surface area contributed by atoms with E-state index in [9.17, 15) is 14.6 Å². The summed E-state index contributed by atoms with van der Waals surface area (Å²) in [6.07, 6.45) is 0. The van der Waals surface area contributed by atoms with Crippen molar-refractivity contribution in [3.63, 3.8) is 0 Å². The maximum absolute atomic E-state index is 10.6. The van der Waals surface area contributed by atoms with Crippen molar-refractivity contribution in [1.82, 2.24) is 0 Å². The molecule has 1 aromatic rings. The quantitative estimate of drug-likeness (QED) is 0.562. The summed E-state index contributed by atoms with van der Waals surface area (Å²) in [6.45, 7) is 1.04. The number of rotatable bonds is 4. The van der Waals surface area contributed by atoms with Gasteiger partial charge in [-0.3, -0.25) is 4.79 Å². The molecule has 6 heteroatoms. The fourth-order valence-corrected chi connectivity index (χ4v) is 1.06. The second-order valence-electron chi connectivity index (χ2n) is 2.74. The standard InChI is InChI=1S/C9H8N2O4/c1-6(12)15-5-7-8(10-13)3-2-4-9(7)11-14/h2-4H,5H2,1H3. The van der Waals surface area contributed by atoms with E-state index in [2.05, 4.69) is 15.1 Å². The molecule has 0 saturated carbocycles. The van der Waals surface area contributed by atoms with Crippen molar-refractivity contribution in [1.29, 1.82) is 0 Å². The van der Waals surface area contributed by atoms with E-state index in [0.29, 0.717) is 0 Å². The van der Waals surface area contributed by atoms with E-state index in [1.165, 1.54) is 25.1 Å². The number of hydrogen-bond acceptors (Lipinski definition) is 6. The van der Waals surface area contributed by atoms with E-state index in [0.717, 1.165) is 0 Å². The predicted molar refractivity (Wildman–Crippen MR) is 52.8 cm³/mol. The molecular weight excluding hydrogens is 200 g/mol. The number of nitrogens with zero attached hydrogens (tertiary/aromatic N) is 2. The summed E-state index contributed by atoms with van der Waals surface area (Å²) in [5, 5.41) is 5.43. The van der Waals surface area contributed by atoms with Crippen LogP contribution in [0.5, 0.6) is 0 Å². The molecule has 0 heterocycles. The van der Waals surface area contributed by atoms with Crippen molar-refractivity contribution in [3.05, 3.63) is 33.6 Å². The molecule has 0 radical (unpaired) electrons. The van der Waals surface area contributed by atoms with Gasteiger partial charge in [-0.15, -0.1) is 9.81 Å². The minimum atomic E-state index is -0.507. The Morgan fingerprint density at radius 1 is 1.27 bits per heavy atom. The molecule has 1 rings (SSSR count). The van der Waals surface area contributed by atoms with Crippen molar-refractivity contribution >= 4 is 17.3 Å². The first-order chi connectivity index (χ1) is 7.19. The summed E-state index contributed by atoms with van der Waals surface area (Å²) in [4.78, 5) is 31.4. The monoisotopic (exact) mass is 208 g/mol. The number of carbonyl (C=O) groups excluding carboxylic acids is 1. The lowest BCUT2D eigenvalue weighted by Crippen LogP contribution is -1.99. The second kappa shape index (κ2) is 4.94. The lowest BCUT2D eigenvalue weighted by Gasteiger charge is -2.05. The number of benzene rings is 1. The van der Waals surface area contributed by atoms with Gasteiger partial charge in [0.15, 0.2) is 0 Å². The van der Waals surface area contributed by atoms with Crippen LogP contribution < -0.4 is 0 Å². The van der Waals surface area contributed by atoms with Gasteiger partial charge in [-0.05, 0) is 22.5 Å². The Hall–Kier alpha value is -2.11. The smallest absolute Gasteiger partial charge is 0.302 e. The molecular formula is C9H8N2O4. The van der Waals surface area contributed by atoms with E-state index < -0.39 is 5.97 Å². The fraction of sp³-hybridized carbons (Fsp3) is 0.222. The van der Waals surface area contributed by atoms with Crippen LogP contribution in [0.1, 0.15) is 12.5 Å². The summed E-state index contributed by atoms with van der Waals surface area (Å²) in [5.74, 6) is -0.507. The molecule has 1 aromatic carbocycles. The minimum Gasteiger partial charge on any atom is -0.461 e. The molecule has 6 nitrogen and oxygen atoms in total. The van der Waals surface area contributed by atoms with Crippen molar-refractivity contribution in [3.8, 4) is 0 Å². The Labute approximate surface area is 85.2 Å². The lowest BCUT2D eigenvalue weighted by atomic mass is 10.1. The van der Waals surface area contributed by atoms with Gasteiger partial charge < -0.3 is 4.74 Å².